The van der Waals surface area contributed by atoms with Crippen molar-refractivity contribution in [2.24, 2.45) is 0 Å². The van der Waals surface area contributed by atoms with Crippen molar-refractivity contribution in [1.82, 2.24) is 0 Å². The number of aliphatic carboxylic acids is 1. The molecule has 100 valence electrons. The molecule has 1 rings (SSSR count). The van der Waals surface area contributed by atoms with Crippen molar-refractivity contribution in [2.45, 2.75) is 0 Å². The predicted molar refractivity (Wildman–Crippen MR) is 67.3 cm³/mol. The monoisotopic (exact) mass is 263 g/mol. The summed E-state index contributed by atoms with van der Waals surface area (Å²) in [6.45, 7) is 0. The molecule has 0 spiro atoms. The van der Waals surface area contributed by atoms with Crippen LogP contribution in [0.25, 0.3) is 6.08 Å². The smallest absolute Gasteiger partial charge is 0.346 e. The molecule has 0 saturated carbocycles. The highest BCUT2D eigenvalue weighted by Crippen LogP contribution is 2.40. The highest BCUT2D eigenvalue weighted by atomic mass is 16.5. The molecule has 0 fully saturated rings. The Balaban J connectivity index is 3.46. The second kappa shape index (κ2) is 6.31. The summed E-state index contributed by atoms with van der Waals surface area (Å²) in [7, 11) is 4.34. The van der Waals surface area contributed by atoms with Gasteiger partial charge in [-0.3, -0.25) is 0 Å². The maximum atomic E-state index is 10.8. The van der Waals surface area contributed by atoms with E-state index in [9.17, 15) is 4.79 Å². The quantitative estimate of drug-likeness (QED) is 0.642. The first-order valence-electron chi connectivity index (χ1n) is 5.23. The molecule has 0 atom stereocenters. The Bertz CT molecular complexity index is 557. The van der Waals surface area contributed by atoms with E-state index in [1.807, 2.05) is 0 Å². The number of carbonyl (C=O) groups is 1. The first-order valence-corrected chi connectivity index (χ1v) is 5.23. The molecule has 0 aromatic heterocycles. The van der Waals surface area contributed by atoms with Crippen LogP contribution in [0.4, 0.5) is 0 Å². The van der Waals surface area contributed by atoms with Gasteiger partial charge in [0, 0.05) is 5.56 Å². The Labute approximate surface area is 110 Å². The minimum absolute atomic E-state index is 0.302. The van der Waals surface area contributed by atoms with E-state index in [4.69, 9.17) is 24.6 Å². The van der Waals surface area contributed by atoms with Gasteiger partial charge < -0.3 is 19.3 Å². The van der Waals surface area contributed by atoms with Crippen LogP contribution >= 0.6 is 0 Å². The van der Waals surface area contributed by atoms with Crippen molar-refractivity contribution >= 4 is 12.0 Å². The zero-order chi connectivity index (χ0) is 14.4. The molecule has 0 bridgehead atoms. The summed E-state index contributed by atoms with van der Waals surface area (Å²) in [6.07, 6.45) is 1.21. The fourth-order valence-corrected chi connectivity index (χ4v) is 1.54. The van der Waals surface area contributed by atoms with Gasteiger partial charge in [0.15, 0.2) is 11.5 Å². The number of nitrogens with zero attached hydrogens (tertiary/aromatic N) is 1. The summed E-state index contributed by atoms with van der Waals surface area (Å²) in [4.78, 5) is 10.8. The summed E-state index contributed by atoms with van der Waals surface area (Å²) in [5, 5.41) is 17.6. The third kappa shape index (κ3) is 2.96. The van der Waals surface area contributed by atoms with Crippen molar-refractivity contribution in [3.05, 3.63) is 23.3 Å². The van der Waals surface area contributed by atoms with E-state index in [0.29, 0.717) is 22.8 Å². The fraction of sp³-hybridized carbons (Fsp3) is 0.231. The number of carboxylic acid groups (broad SMARTS) is 1. The number of hydrogen-bond donors (Lipinski definition) is 1. The Hall–Kier alpha value is -2.68. The van der Waals surface area contributed by atoms with Crippen LogP contribution in [0.3, 0.4) is 0 Å². The zero-order valence-electron chi connectivity index (χ0n) is 10.8. The molecule has 6 nitrogen and oxygen atoms in total. The highest BCUT2D eigenvalue weighted by Gasteiger charge is 2.16. The van der Waals surface area contributed by atoms with E-state index >= 15 is 0 Å². The lowest BCUT2D eigenvalue weighted by atomic mass is 10.1. The van der Waals surface area contributed by atoms with Crippen LogP contribution in [0.2, 0.25) is 0 Å². The lowest BCUT2D eigenvalue weighted by molar-refractivity contribution is -0.132. The van der Waals surface area contributed by atoms with Gasteiger partial charge >= 0.3 is 5.97 Å². The molecular formula is C13H13NO5. The average molecular weight is 263 g/mol. The predicted octanol–water partition coefficient (Wildman–Crippen LogP) is 1.70. The van der Waals surface area contributed by atoms with Gasteiger partial charge in [0.25, 0.3) is 0 Å². The normalized spacial score (nSPS) is 10.5. The van der Waals surface area contributed by atoms with Gasteiger partial charge in [-0.05, 0) is 18.2 Å². The van der Waals surface area contributed by atoms with Crippen LogP contribution < -0.4 is 14.2 Å². The van der Waals surface area contributed by atoms with E-state index in [-0.39, 0.29) is 0 Å². The third-order valence-corrected chi connectivity index (χ3v) is 2.39. The molecule has 0 amide bonds. The zero-order valence-corrected chi connectivity index (χ0v) is 10.8. The molecule has 0 radical (unpaired) electrons. The second-order valence-electron chi connectivity index (χ2n) is 3.40. The lowest BCUT2D eigenvalue weighted by Gasteiger charge is -2.14. The minimum Gasteiger partial charge on any atom is -0.493 e. The van der Waals surface area contributed by atoms with Crippen LogP contribution in [-0.4, -0.2) is 32.4 Å². The van der Waals surface area contributed by atoms with E-state index in [1.54, 1.807) is 18.2 Å². The molecule has 19 heavy (non-hydrogen) atoms. The number of rotatable bonds is 5. The Morgan fingerprint density at radius 1 is 1.21 bits per heavy atom. The number of hydrogen-bond acceptors (Lipinski definition) is 5. The van der Waals surface area contributed by atoms with Crippen molar-refractivity contribution in [3.63, 3.8) is 0 Å². The SMILES string of the molecule is COc1ccc(/C=C(\C#N)C(=O)O)c(OC)c1OC. The third-order valence-electron chi connectivity index (χ3n) is 2.39. The fourth-order valence-electron chi connectivity index (χ4n) is 1.54. The van der Waals surface area contributed by atoms with Gasteiger partial charge in [0.1, 0.15) is 11.6 Å². The summed E-state index contributed by atoms with van der Waals surface area (Å²) in [5.41, 5.74) is 0.0182. The molecule has 0 saturated heterocycles. The summed E-state index contributed by atoms with van der Waals surface area (Å²) in [5.74, 6) is -0.220. The van der Waals surface area contributed by atoms with Gasteiger partial charge in [0.2, 0.25) is 5.75 Å². The van der Waals surface area contributed by atoms with Gasteiger partial charge in [-0.2, -0.15) is 5.26 Å². The van der Waals surface area contributed by atoms with Crippen molar-refractivity contribution in [3.8, 4) is 23.3 Å². The molecule has 0 aliphatic rings. The maximum Gasteiger partial charge on any atom is 0.346 e. The number of methoxy groups -OCH3 is 3. The molecule has 1 aromatic carbocycles. The highest BCUT2D eigenvalue weighted by molar-refractivity contribution is 5.97. The van der Waals surface area contributed by atoms with E-state index in [2.05, 4.69) is 0 Å². The maximum absolute atomic E-state index is 10.8. The van der Waals surface area contributed by atoms with Crippen LogP contribution in [0.1, 0.15) is 5.56 Å². The van der Waals surface area contributed by atoms with E-state index < -0.39 is 11.5 Å². The molecule has 0 aliphatic carbocycles. The average Bonchev–Trinajstić information content (AvgIpc) is 2.42. The van der Waals surface area contributed by atoms with Crippen LogP contribution in [0.15, 0.2) is 17.7 Å². The van der Waals surface area contributed by atoms with Crippen LogP contribution in [0, 0.1) is 11.3 Å². The second-order valence-corrected chi connectivity index (χ2v) is 3.40. The van der Waals surface area contributed by atoms with Crippen molar-refractivity contribution in [1.29, 1.82) is 5.26 Å². The molecule has 6 heteroatoms. The molecule has 0 heterocycles. The Morgan fingerprint density at radius 3 is 2.26 bits per heavy atom. The first-order chi connectivity index (χ1) is 9.08. The number of nitriles is 1. The Kier molecular flexibility index (Phi) is 4.77. The van der Waals surface area contributed by atoms with Crippen molar-refractivity contribution < 1.29 is 24.1 Å². The molecular weight excluding hydrogens is 250 g/mol. The van der Waals surface area contributed by atoms with Gasteiger partial charge in [-0.25, -0.2) is 4.79 Å². The molecule has 0 unspecified atom stereocenters. The van der Waals surface area contributed by atoms with Gasteiger partial charge in [-0.15, -0.1) is 0 Å². The number of carboxylic acids is 1. The summed E-state index contributed by atoms with van der Waals surface area (Å²) in [6, 6.07) is 4.79. The van der Waals surface area contributed by atoms with Gasteiger partial charge in [0.05, 0.1) is 21.3 Å². The van der Waals surface area contributed by atoms with Crippen LogP contribution in [0.5, 0.6) is 17.2 Å². The number of ether oxygens (including phenoxy) is 3. The molecule has 1 N–H and O–H groups in total. The molecule has 0 aliphatic heterocycles. The minimum atomic E-state index is -1.31. The standard InChI is InChI=1S/C13H13NO5/c1-17-10-5-4-8(6-9(7-14)13(15)16)11(18-2)12(10)19-3/h4-6H,1-3H3,(H,15,16)/b9-6+. The Morgan fingerprint density at radius 2 is 1.84 bits per heavy atom. The number of benzene rings is 1. The van der Waals surface area contributed by atoms with E-state index in [0.717, 1.165) is 0 Å². The lowest BCUT2D eigenvalue weighted by Crippen LogP contribution is -2.00. The topological polar surface area (TPSA) is 88.8 Å². The van der Waals surface area contributed by atoms with Crippen molar-refractivity contribution in [2.75, 3.05) is 21.3 Å². The van der Waals surface area contributed by atoms with Gasteiger partial charge in [-0.1, -0.05) is 0 Å². The summed E-state index contributed by atoms with van der Waals surface area (Å²) >= 11 is 0. The largest absolute Gasteiger partial charge is 0.493 e. The molecule has 1 aromatic rings. The van der Waals surface area contributed by atoms with Crippen LogP contribution in [-0.2, 0) is 4.79 Å². The first kappa shape index (κ1) is 14.4. The van der Waals surface area contributed by atoms with E-state index in [1.165, 1.54) is 27.4 Å². The summed E-state index contributed by atoms with van der Waals surface area (Å²) < 4.78 is 15.5.